The quantitative estimate of drug-likeness (QED) is 0.771. The summed E-state index contributed by atoms with van der Waals surface area (Å²) in [5, 5.41) is 5.99. The molecule has 2 rings (SSSR count). The Balaban J connectivity index is 2.15. The molecule has 2 aromatic rings. The van der Waals surface area contributed by atoms with E-state index in [1.165, 1.54) is 5.56 Å². The molecular formula is C19H24N2O. The number of rotatable bonds is 6. The van der Waals surface area contributed by atoms with Gasteiger partial charge in [0.25, 0.3) is 0 Å². The van der Waals surface area contributed by atoms with E-state index in [9.17, 15) is 4.79 Å². The standard InChI is InChI=1S/C19H24N2O/c1-3-4-14-20-19(22)21-18(16-8-6-5-7-9-16)17-12-10-15(2)11-13-17/h5-13,18H,3-4,14H2,1-2H3,(H2,20,21,22). The first-order valence-corrected chi connectivity index (χ1v) is 7.86. The first-order valence-electron chi connectivity index (χ1n) is 7.86. The van der Waals surface area contributed by atoms with Crippen molar-refractivity contribution in [3.8, 4) is 0 Å². The molecule has 3 heteroatoms. The summed E-state index contributed by atoms with van der Waals surface area (Å²) in [6, 6.07) is 18.1. The van der Waals surface area contributed by atoms with Crippen LogP contribution in [0.4, 0.5) is 4.79 Å². The van der Waals surface area contributed by atoms with Gasteiger partial charge in [0.05, 0.1) is 6.04 Å². The molecule has 0 fully saturated rings. The molecule has 22 heavy (non-hydrogen) atoms. The fourth-order valence-corrected chi connectivity index (χ4v) is 2.32. The molecule has 0 saturated carbocycles. The van der Waals surface area contributed by atoms with Gasteiger partial charge in [0.1, 0.15) is 0 Å². The highest BCUT2D eigenvalue weighted by Gasteiger charge is 2.16. The summed E-state index contributed by atoms with van der Waals surface area (Å²) in [6.07, 6.45) is 2.06. The van der Waals surface area contributed by atoms with Crippen molar-refractivity contribution < 1.29 is 4.79 Å². The monoisotopic (exact) mass is 296 g/mol. The molecule has 2 amide bonds. The molecule has 0 aliphatic rings. The summed E-state index contributed by atoms with van der Waals surface area (Å²) in [6.45, 7) is 4.88. The minimum Gasteiger partial charge on any atom is -0.338 e. The average Bonchev–Trinajstić information content (AvgIpc) is 2.55. The van der Waals surface area contributed by atoms with Crippen LogP contribution in [0.1, 0.15) is 42.5 Å². The van der Waals surface area contributed by atoms with Gasteiger partial charge in [-0.25, -0.2) is 4.79 Å². The highest BCUT2D eigenvalue weighted by molar-refractivity contribution is 5.75. The number of carbonyl (C=O) groups excluding carboxylic acids is 1. The Hall–Kier alpha value is -2.29. The summed E-state index contributed by atoms with van der Waals surface area (Å²) >= 11 is 0. The van der Waals surface area contributed by atoms with Gasteiger partial charge >= 0.3 is 6.03 Å². The average molecular weight is 296 g/mol. The van der Waals surface area contributed by atoms with Crippen molar-refractivity contribution in [2.24, 2.45) is 0 Å². The largest absolute Gasteiger partial charge is 0.338 e. The molecule has 3 nitrogen and oxygen atoms in total. The third-order valence-electron chi connectivity index (χ3n) is 3.63. The maximum atomic E-state index is 12.1. The Morgan fingerprint density at radius 3 is 2.27 bits per heavy atom. The molecular weight excluding hydrogens is 272 g/mol. The first kappa shape index (κ1) is 16.1. The number of aryl methyl sites for hydroxylation is 1. The molecule has 2 aromatic carbocycles. The van der Waals surface area contributed by atoms with E-state index in [4.69, 9.17) is 0 Å². The predicted molar refractivity (Wildman–Crippen MR) is 90.9 cm³/mol. The second kappa shape index (κ2) is 8.23. The van der Waals surface area contributed by atoms with Crippen LogP contribution in [0.15, 0.2) is 54.6 Å². The van der Waals surface area contributed by atoms with Gasteiger partial charge in [0, 0.05) is 6.54 Å². The van der Waals surface area contributed by atoms with Crippen molar-refractivity contribution in [3.63, 3.8) is 0 Å². The summed E-state index contributed by atoms with van der Waals surface area (Å²) in [4.78, 5) is 12.1. The third-order valence-corrected chi connectivity index (χ3v) is 3.63. The van der Waals surface area contributed by atoms with Gasteiger partial charge in [0.15, 0.2) is 0 Å². The summed E-state index contributed by atoms with van der Waals surface area (Å²) in [5.41, 5.74) is 3.38. The van der Waals surface area contributed by atoms with E-state index in [1.54, 1.807) is 0 Å². The Morgan fingerprint density at radius 1 is 1.00 bits per heavy atom. The summed E-state index contributed by atoms with van der Waals surface area (Å²) in [7, 11) is 0. The zero-order valence-corrected chi connectivity index (χ0v) is 13.3. The molecule has 0 aliphatic carbocycles. The molecule has 1 unspecified atom stereocenters. The van der Waals surface area contributed by atoms with Crippen molar-refractivity contribution in [1.29, 1.82) is 0 Å². The molecule has 0 radical (unpaired) electrons. The number of benzene rings is 2. The smallest absolute Gasteiger partial charge is 0.315 e. The second-order valence-corrected chi connectivity index (χ2v) is 5.51. The summed E-state index contributed by atoms with van der Waals surface area (Å²) in [5.74, 6) is 0. The summed E-state index contributed by atoms with van der Waals surface area (Å²) < 4.78 is 0. The van der Waals surface area contributed by atoms with E-state index < -0.39 is 0 Å². The van der Waals surface area contributed by atoms with Crippen LogP contribution in [0, 0.1) is 6.92 Å². The zero-order valence-electron chi connectivity index (χ0n) is 13.3. The maximum Gasteiger partial charge on any atom is 0.315 e. The first-order chi connectivity index (χ1) is 10.7. The van der Waals surface area contributed by atoms with Gasteiger partial charge in [0.2, 0.25) is 0 Å². The normalized spacial score (nSPS) is 11.7. The lowest BCUT2D eigenvalue weighted by Crippen LogP contribution is -2.38. The van der Waals surface area contributed by atoms with Crippen LogP contribution in [0.2, 0.25) is 0 Å². The van der Waals surface area contributed by atoms with E-state index in [0.29, 0.717) is 6.54 Å². The van der Waals surface area contributed by atoms with Gasteiger partial charge in [-0.05, 0) is 24.5 Å². The van der Waals surface area contributed by atoms with E-state index >= 15 is 0 Å². The highest BCUT2D eigenvalue weighted by atomic mass is 16.2. The minimum atomic E-state index is -0.136. The molecule has 0 bridgehead atoms. The Labute approximate surface area is 132 Å². The number of amides is 2. The number of nitrogens with one attached hydrogen (secondary N) is 2. The fourth-order valence-electron chi connectivity index (χ4n) is 2.32. The van der Waals surface area contributed by atoms with E-state index in [2.05, 4.69) is 48.7 Å². The number of hydrogen-bond donors (Lipinski definition) is 2. The van der Waals surface area contributed by atoms with Crippen molar-refractivity contribution >= 4 is 6.03 Å². The zero-order chi connectivity index (χ0) is 15.8. The number of urea groups is 1. The molecule has 0 spiro atoms. The lowest BCUT2D eigenvalue weighted by molar-refractivity contribution is 0.238. The lowest BCUT2D eigenvalue weighted by atomic mass is 9.98. The molecule has 116 valence electrons. The molecule has 1 atom stereocenters. The van der Waals surface area contributed by atoms with Crippen LogP contribution in [0.25, 0.3) is 0 Å². The molecule has 0 heterocycles. The van der Waals surface area contributed by atoms with Gasteiger partial charge in [-0.3, -0.25) is 0 Å². The van der Waals surface area contributed by atoms with E-state index in [0.717, 1.165) is 24.0 Å². The van der Waals surface area contributed by atoms with E-state index in [-0.39, 0.29) is 12.1 Å². The second-order valence-electron chi connectivity index (χ2n) is 5.51. The van der Waals surface area contributed by atoms with Gasteiger partial charge < -0.3 is 10.6 Å². The minimum absolute atomic E-state index is 0.122. The number of carbonyl (C=O) groups is 1. The third kappa shape index (κ3) is 4.62. The van der Waals surface area contributed by atoms with Crippen LogP contribution >= 0.6 is 0 Å². The van der Waals surface area contributed by atoms with Crippen LogP contribution in [-0.4, -0.2) is 12.6 Å². The molecule has 2 N–H and O–H groups in total. The van der Waals surface area contributed by atoms with Crippen molar-refractivity contribution in [2.75, 3.05) is 6.54 Å². The lowest BCUT2D eigenvalue weighted by Gasteiger charge is -2.20. The van der Waals surface area contributed by atoms with E-state index in [1.807, 2.05) is 30.3 Å². The molecule has 0 aliphatic heterocycles. The SMILES string of the molecule is CCCCNC(=O)NC(c1ccccc1)c1ccc(C)cc1. The fraction of sp³-hybridized carbons (Fsp3) is 0.316. The van der Waals surface area contributed by atoms with Crippen LogP contribution in [0.5, 0.6) is 0 Å². The maximum absolute atomic E-state index is 12.1. The van der Waals surface area contributed by atoms with Crippen LogP contribution < -0.4 is 10.6 Å². The van der Waals surface area contributed by atoms with Crippen LogP contribution in [-0.2, 0) is 0 Å². The van der Waals surface area contributed by atoms with Gasteiger partial charge in [-0.2, -0.15) is 0 Å². The van der Waals surface area contributed by atoms with Crippen molar-refractivity contribution in [2.45, 2.75) is 32.7 Å². The Bertz CT molecular complexity index is 578. The molecule has 0 aromatic heterocycles. The topological polar surface area (TPSA) is 41.1 Å². The van der Waals surface area contributed by atoms with Gasteiger partial charge in [-0.1, -0.05) is 73.5 Å². The van der Waals surface area contributed by atoms with Crippen LogP contribution in [0.3, 0.4) is 0 Å². The van der Waals surface area contributed by atoms with Gasteiger partial charge in [-0.15, -0.1) is 0 Å². The molecule has 0 saturated heterocycles. The number of hydrogen-bond acceptors (Lipinski definition) is 1. The van der Waals surface area contributed by atoms with Crippen molar-refractivity contribution in [3.05, 3.63) is 71.3 Å². The Morgan fingerprint density at radius 2 is 1.64 bits per heavy atom. The Kier molecular flexibility index (Phi) is 6.01. The number of unbranched alkanes of at least 4 members (excludes halogenated alkanes) is 1. The predicted octanol–water partition coefficient (Wildman–Crippen LogP) is 4.18. The van der Waals surface area contributed by atoms with Crippen molar-refractivity contribution in [1.82, 2.24) is 10.6 Å². The highest BCUT2D eigenvalue weighted by Crippen LogP contribution is 2.22.